The summed E-state index contributed by atoms with van der Waals surface area (Å²) < 4.78 is 0. The minimum Gasteiger partial charge on any atom is -0.338 e. The largest absolute Gasteiger partial charge is 0.338 e. The quantitative estimate of drug-likeness (QED) is 0.826. The van der Waals surface area contributed by atoms with Gasteiger partial charge in [0.1, 0.15) is 0 Å². The third-order valence-electron chi connectivity index (χ3n) is 4.73. The third-order valence-corrected chi connectivity index (χ3v) is 5.75. The van der Waals surface area contributed by atoms with E-state index in [1.165, 1.54) is 10.5 Å². The minimum absolute atomic E-state index is 0.109. The van der Waals surface area contributed by atoms with Crippen LogP contribution in [0.4, 0.5) is 0 Å². The molecular formula is C21H26N2OS. The summed E-state index contributed by atoms with van der Waals surface area (Å²) in [6.45, 7) is 6.42. The maximum Gasteiger partial charge on any atom is 0.253 e. The van der Waals surface area contributed by atoms with Gasteiger partial charge in [-0.15, -0.1) is 11.8 Å². The molecule has 0 aromatic heterocycles. The number of hydrogen-bond donors (Lipinski definition) is 1. The van der Waals surface area contributed by atoms with Crippen molar-refractivity contribution in [3.63, 3.8) is 0 Å². The molecule has 0 aliphatic carbocycles. The van der Waals surface area contributed by atoms with Gasteiger partial charge in [-0.25, -0.2) is 0 Å². The van der Waals surface area contributed by atoms with Crippen LogP contribution in [0.3, 0.4) is 0 Å². The smallest absolute Gasteiger partial charge is 0.253 e. The van der Waals surface area contributed by atoms with Crippen molar-refractivity contribution in [3.8, 4) is 0 Å². The topological polar surface area (TPSA) is 46.3 Å². The standard InChI is InChI=1S/C21H26N2OS/c1-15(2)25-19-10-8-17(9-11-19)21(24)23-13-18(12-22)20(14-23)16-6-4-3-5-7-16/h3-11,15,18,20H,12-14,22H2,1-2H3/t18-,20+/m1/s1. The molecule has 1 heterocycles. The predicted octanol–water partition coefficient (Wildman–Crippen LogP) is 4.00. The Kier molecular flexibility index (Phi) is 5.82. The molecule has 25 heavy (non-hydrogen) atoms. The summed E-state index contributed by atoms with van der Waals surface area (Å²) in [7, 11) is 0. The second-order valence-corrected chi connectivity index (χ2v) is 8.56. The highest BCUT2D eigenvalue weighted by atomic mass is 32.2. The lowest BCUT2D eigenvalue weighted by Crippen LogP contribution is -2.29. The van der Waals surface area contributed by atoms with Crippen LogP contribution in [0.1, 0.15) is 35.7 Å². The highest BCUT2D eigenvalue weighted by molar-refractivity contribution is 7.99. The van der Waals surface area contributed by atoms with E-state index in [4.69, 9.17) is 5.73 Å². The number of carbonyl (C=O) groups is 1. The van der Waals surface area contributed by atoms with E-state index in [9.17, 15) is 4.79 Å². The van der Waals surface area contributed by atoms with Crippen LogP contribution in [-0.4, -0.2) is 35.7 Å². The van der Waals surface area contributed by atoms with Gasteiger partial charge in [0.05, 0.1) is 0 Å². The van der Waals surface area contributed by atoms with Gasteiger partial charge < -0.3 is 10.6 Å². The molecule has 2 atom stereocenters. The minimum atomic E-state index is 0.109. The summed E-state index contributed by atoms with van der Waals surface area (Å²) in [5.74, 6) is 0.756. The molecule has 3 rings (SSSR count). The van der Waals surface area contributed by atoms with Crippen molar-refractivity contribution in [1.29, 1.82) is 0 Å². The van der Waals surface area contributed by atoms with Crippen molar-refractivity contribution >= 4 is 17.7 Å². The van der Waals surface area contributed by atoms with Crippen LogP contribution >= 0.6 is 11.8 Å². The summed E-state index contributed by atoms with van der Waals surface area (Å²) in [6.07, 6.45) is 0. The van der Waals surface area contributed by atoms with E-state index in [0.717, 1.165) is 18.7 Å². The van der Waals surface area contributed by atoms with Crippen molar-refractivity contribution in [1.82, 2.24) is 4.90 Å². The van der Waals surface area contributed by atoms with Crippen LogP contribution < -0.4 is 5.73 Å². The van der Waals surface area contributed by atoms with Gasteiger partial charge in [-0.1, -0.05) is 44.2 Å². The lowest BCUT2D eigenvalue weighted by atomic mass is 9.89. The van der Waals surface area contributed by atoms with Gasteiger partial charge in [0.25, 0.3) is 5.91 Å². The van der Waals surface area contributed by atoms with Gasteiger partial charge in [-0.3, -0.25) is 4.79 Å². The third kappa shape index (κ3) is 4.25. The number of likely N-dealkylation sites (tertiary alicyclic amines) is 1. The Labute approximate surface area is 154 Å². The zero-order valence-corrected chi connectivity index (χ0v) is 15.7. The molecule has 4 heteroatoms. The second kappa shape index (κ2) is 8.07. The van der Waals surface area contributed by atoms with Crippen LogP contribution in [0.25, 0.3) is 0 Å². The van der Waals surface area contributed by atoms with E-state index in [1.54, 1.807) is 0 Å². The Morgan fingerprint density at radius 2 is 1.80 bits per heavy atom. The molecule has 1 fully saturated rings. The van der Waals surface area contributed by atoms with Crippen molar-refractivity contribution in [3.05, 3.63) is 65.7 Å². The average Bonchev–Trinajstić information content (AvgIpc) is 3.06. The number of nitrogens with two attached hydrogens (primary N) is 1. The van der Waals surface area contributed by atoms with Crippen LogP contribution in [0.5, 0.6) is 0 Å². The SMILES string of the molecule is CC(C)Sc1ccc(C(=O)N2C[C@@H](CN)[C@H](c3ccccc3)C2)cc1. The molecule has 2 aromatic rings. The Balaban J connectivity index is 1.72. The molecule has 2 N–H and O–H groups in total. The van der Waals surface area contributed by atoms with E-state index >= 15 is 0 Å². The van der Waals surface area contributed by atoms with Crippen LogP contribution in [0.2, 0.25) is 0 Å². The number of thioether (sulfide) groups is 1. The van der Waals surface area contributed by atoms with Crippen molar-refractivity contribution in [2.45, 2.75) is 29.9 Å². The Hall–Kier alpha value is -1.78. The number of benzene rings is 2. The first-order valence-corrected chi connectivity index (χ1v) is 9.77. The van der Waals surface area contributed by atoms with Gasteiger partial charge in [0, 0.05) is 34.7 Å². The van der Waals surface area contributed by atoms with Gasteiger partial charge in [0.15, 0.2) is 0 Å². The molecular weight excluding hydrogens is 328 g/mol. The lowest BCUT2D eigenvalue weighted by molar-refractivity contribution is 0.0786. The fourth-order valence-corrected chi connectivity index (χ4v) is 4.32. The Bertz CT molecular complexity index is 700. The predicted molar refractivity (Wildman–Crippen MR) is 105 cm³/mol. The molecule has 1 aliphatic heterocycles. The van der Waals surface area contributed by atoms with E-state index in [-0.39, 0.29) is 5.91 Å². The number of amides is 1. The molecule has 3 nitrogen and oxygen atoms in total. The summed E-state index contributed by atoms with van der Waals surface area (Å²) in [5.41, 5.74) is 8.02. The zero-order chi connectivity index (χ0) is 17.8. The van der Waals surface area contributed by atoms with Crippen molar-refractivity contribution < 1.29 is 4.79 Å². The lowest BCUT2D eigenvalue weighted by Gasteiger charge is -2.17. The molecule has 1 amide bonds. The number of rotatable bonds is 5. The normalized spacial score (nSPS) is 20.2. The van der Waals surface area contributed by atoms with E-state index in [0.29, 0.717) is 23.6 Å². The van der Waals surface area contributed by atoms with Crippen LogP contribution in [0.15, 0.2) is 59.5 Å². The summed E-state index contributed by atoms with van der Waals surface area (Å²) >= 11 is 1.81. The number of carbonyl (C=O) groups excluding carboxylic acids is 1. The molecule has 0 saturated carbocycles. The Morgan fingerprint density at radius 1 is 1.12 bits per heavy atom. The molecule has 0 spiro atoms. The molecule has 0 unspecified atom stereocenters. The molecule has 0 radical (unpaired) electrons. The number of nitrogens with zero attached hydrogens (tertiary/aromatic N) is 1. The maximum atomic E-state index is 12.9. The van der Waals surface area contributed by atoms with Gasteiger partial charge in [0.2, 0.25) is 0 Å². The fraction of sp³-hybridized carbons (Fsp3) is 0.381. The summed E-state index contributed by atoms with van der Waals surface area (Å²) in [6, 6.07) is 18.4. The van der Waals surface area contributed by atoms with Crippen LogP contribution in [-0.2, 0) is 0 Å². The van der Waals surface area contributed by atoms with E-state index in [2.05, 4.69) is 38.1 Å². The fourth-order valence-electron chi connectivity index (χ4n) is 3.48. The van der Waals surface area contributed by atoms with E-state index in [1.807, 2.05) is 47.0 Å². The van der Waals surface area contributed by atoms with E-state index < -0.39 is 0 Å². The second-order valence-electron chi connectivity index (χ2n) is 6.91. The first-order chi connectivity index (χ1) is 12.1. The maximum absolute atomic E-state index is 12.9. The van der Waals surface area contributed by atoms with Gasteiger partial charge >= 0.3 is 0 Å². The Morgan fingerprint density at radius 3 is 2.40 bits per heavy atom. The average molecular weight is 355 g/mol. The molecule has 2 aromatic carbocycles. The first-order valence-electron chi connectivity index (χ1n) is 8.89. The molecule has 0 bridgehead atoms. The highest BCUT2D eigenvalue weighted by Crippen LogP contribution is 2.33. The van der Waals surface area contributed by atoms with Gasteiger partial charge in [-0.2, -0.15) is 0 Å². The number of hydrogen-bond acceptors (Lipinski definition) is 3. The van der Waals surface area contributed by atoms with Crippen molar-refractivity contribution in [2.75, 3.05) is 19.6 Å². The van der Waals surface area contributed by atoms with Crippen LogP contribution in [0, 0.1) is 5.92 Å². The highest BCUT2D eigenvalue weighted by Gasteiger charge is 2.35. The molecule has 1 aliphatic rings. The van der Waals surface area contributed by atoms with Crippen molar-refractivity contribution in [2.24, 2.45) is 11.7 Å². The molecule has 132 valence electrons. The summed E-state index contributed by atoms with van der Waals surface area (Å²) in [4.78, 5) is 16.1. The van der Waals surface area contributed by atoms with Gasteiger partial charge in [-0.05, 0) is 42.3 Å². The first kappa shape index (κ1) is 18.0. The summed E-state index contributed by atoms with van der Waals surface area (Å²) in [5, 5.41) is 0.539. The molecule has 1 saturated heterocycles. The monoisotopic (exact) mass is 354 g/mol. The zero-order valence-electron chi connectivity index (χ0n) is 14.9.